The summed E-state index contributed by atoms with van der Waals surface area (Å²) < 4.78 is 5.42. The molecule has 0 unspecified atom stereocenters. The number of carboxylic acid groups (broad SMARTS) is 1. The van der Waals surface area contributed by atoms with E-state index < -0.39 is 12.1 Å². The number of carbonyl (C=O) groups is 1. The molecule has 1 rings (SSSR count). The number of likely N-dealkylation sites (N-methyl/N-ethyl adjacent to an activating group) is 1. The molecule has 1 fully saturated rings. The van der Waals surface area contributed by atoms with Gasteiger partial charge in [-0.3, -0.25) is 0 Å². The molecule has 0 bridgehead atoms. The molecule has 0 aliphatic carbocycles. The predicted molar refractivity (Wildman–Crippen MR) is 53.3 cm³/mol. The molecule has 1 heterocycles. The Balaban J connectivity index is 2.31. The lowest BCUT2D eigenvalue weighted by molar-refractivity contribution is -0.149. The first kappa shape index (κ1) is 11.5. The smallest absolute Gasteiger partial charge is 0.332 e. The van der Waals surface area contributed by atoms with Gasteiger partial charge in [-0.25, -0.2) is 4.79 Å². The van der Waals surface area contributed by atoms with Crippen LogP contribution in [0.1, 0.15) is 26.7 Å². The maximum atomic E-state index is 10.6. The summed E-state index contributed by atoms with van der Waals surface area (Å²) in [6.45, 7) is 7.05. The summed E-state index contributed by atoms with van der Waals surface area (Å²) in [5.41, 5.74) is 0. The van der Waals surface area contributed by atoms with Gasteiger partial charge in [-0.15, -0.1) is 0 Å². The molecule has 0 radical (unpaired) electrons. The molecule has 1 N–H and O–H groups in total. The number of rotatable bonds is 5. The van der Waals surface area contributed by atoms with Gasteiger partial charge in [0.25, 0.3) is 0 Å². The van der Waals surface area contributed by atoms with Crippen molar-refractivity contribution in [2.45, 2.75) is 38.9 Å². The van der Waals surface area contributed by atoms with Crippen molar-refractivity contribution < 1.29 is 14.6 Å². The first-order valence-electron chi connectivity index (χ1n) is 5.28. The van der Waals surface area contributed by atoms with Gasteiger partial charge in [0, 0.05) is 6.54 Å². The summed E-state index contributed by atoms with van der Waals surface area (Å²) in [4.78, 5) is 12.9. The Hall–Kier alpha value is -0.610. The first-order chi connectivity index (χ1) is 6.67. The summed E-state index contributed by atoms with van der Waals surface area (Å²) in [5.74, 6) is -0.827. The molecule has 82 valence electrons. The Kier molecular flexibility index (Phi) is 4.35. The van der Waals surface area contributed by atoms with Gasteiger partial charge in [-0.05, 0) is 25.9 Å². The van der Waals surface area contributed by atoms with Crippen molar-refractivity contribution in [3.05, 3.63) is 0 Å². The third-order valence-corrected chi connectivity index (χ3v) is 2.74. The molecule has 0 spiro atoms. The highest BCUT2D eigenvalue weighted by atomic mass is 16.5. The van der Waals surface area contributed by atoms with Crippen molar-refractivity contribution in [1.82, 2.24) is 4.90 Å². The van der Waals surface area contributed by atoms with Crippen molar-refractivity contribution in [1.29, 1.82) is 0 Å². The van der Waals surface area contributed by atoms with Crippen LogP contribution in [0.2, 0.25) is 0 Å². The highest BCUT2D eigenvalue weighted by Crippen LogP contribution is 2.20. The van der Waals surface area contributed by atoms with Crippen LogP contribution >= 0.6 is 0 Å². The molecule has 0 amide bonds. The number of hydrogen-bond acceptors (Lipinski definition) is 3. The van der Waals surface area contributed by atoms with Crippen LogP contribution in [0, 0.1) is 0 Å². The number of nitrogens with zero attached hydrogens (tertiary/aromatic N) is 1. The van der Waals surface area contributed by atoms with E-state index in [1.54, 1.807) is 0 Å². The minimum atomic E-state index is -0.827. The Morgan fingerprint density at radius 3 is 2.50 bits per heavy atom. The summed E-state index contributed by atoms with van der Waals surface area (Å²) in [5, 5.41) is 8.74. The van der Waals surface area contributed by atoms with E-state index in [0.29, 0.717) is 6.42 Å². The second kappa shape index (κ2) is 5.32. The predicted octanol–water partition coefficient (Wildman–Crippen LogP) is 0.960. The van der Waals surface area contributed by atoms with Crippen molar-refractivity contribution in [2.24, 2.45) is 0 Å². The minimum absolute atomic E-state index is 0.107. The second-order valence-electron chi connectivity index (χ2n) is 3.65. The van der Waals surface area contributed by atoms with Crippen LogP contribution in [0.3, 0.4) is 0 Å². The third-order valence-electron chi connectivity index (χ3n) is 2.74. The van der Waals surface area contributed by atoms with Crippen LogP contribution in [0.15, 0.2) is 0 Å². The van der Waals surface area contributed by atoms with Crippen molar-refractivity contribution in [3.63, 3.8) is 0 Å². The van der Waals surface area contributed by atoms with E-state index in [9.17, 15) is 4.79 Å². The number of carboxylic acids is 1. The highest BCUT2D eigenvalue weighted by Gasteiger charge is 2.30. The summed E-state index contributed by atoms with van der Waals surface area (Å²) in [6.07, 6.45) is 1.06. The standard InChI is InChI=1S/C10H19NO3/c1-3-11(4-2)7-8-5-6-9(14-8)10(12)13/h8-9H,3-7H2,1-2H3,(H,12,13)/t8-,9+/m1/s1. The Morgan fingerprint density at radius 2 is 2.07 bits per heavy atom. The van der Waals surface area contributed by atoms with Crippen molar-refractivity contribution in [2.75, 3.05) is 19.6 Å². The lowest BCUT2D eigenvalue weighted by atomic mass is 10.2. The van der Waals surface area contributed by atoms with Crippen LogP contribution < -0.4 is 0 Å². The average molecular weight is 201 g/mol. The minimum Gasteiger partial charge on any atom is -0.479 e. The molecule has 4 nitrogen and oxygen atoms in total. The van der Waals surface area contributed by atoms with Crippen molar-refractivity contribution >= 4 is 5.97 Å². The quantitative estimate of drug-likeness (QED) is 0.719. The van der Waals surface area contributed by atoms with Crippen LogP contribution in [0.25, 0.3) is 0 Å². The molecule has 0 aromatic rings. The molecule has 14 heavy (non-hydrogen) atoms. The van der Waals surface area contributed by atoms with Crippen molar-refractivity contribution in [3.8, 4) is 0 Å². The van der Waals surface area contributed by atoms with Gasteiger partial charge < -0.3 is 14.7 Å². The van der Waals surface area contributed by atoms with Crippen LogP contribution in [0.4, 0.5) is 0 Å². The lowest BCUT2D eigenvalue weighted by Gasteiger charge is -2.21. The largest absolute Gasteiger partial charge is 0.479 e. The topological polar surface area (TPSA) is 49.8 Å². The number of aliphatic carboxylic acids is 1. The van der Waals surface area contributed by atoms with E-state index in [2.05, 4.69) is 18.7 Å². The highest BCUT2D eigenvalue weighted by molar-refractivity contribution is 5.72. The molecular formula is C10H19NO3. The lowest BCUT2D eigenvalue weighted by Crippen LogP contribution is -2.33. The van der Waals surface area contributed by atoms with E-state index >= 15 is 0 Å². The van der Waals surface area contributed by atoms with Gasteiger partial charge >= 0.3 is 5.97 Å². The molecular weight excluding hydrogens is 182 g/mol. The molecule has 1 aliphatic rings. The Labute approximate surface area is 84.8 Å². The fraction of sp³-hybridized carbons (Fsp3) is 0.900. The molecule has 0 aromatic heterocycles. The molecule has 0 saturated carbocycles. The van der Waals surface area contributed by atoms with Crippen LogP contribution in [0.5, 0.6) is 0 Å². The van der Waals surface area contributed by atoms with E-state index in [0.717, 1.165) is 26.1 Å². The number of ether oxygens (including phenoxy) is 1. The van der Waals surface area contributed by atoms with E-state index in [1.807, 2.05) is 0 Å². The fourth-order valence-corrected chi connectivity index (χ4v) is 1.79. The average Bonchev–Trinajstić information content (AvgIpc) is 2.62. The Bertz CT molecular complexity index is 192. The van der Waals surface area contributed by atoms with E-state index in [1.165, 1.54) is 0 Å². The maximum absolute atomic E-state index is 10.6. The number of hydrogen-bond donors (Lipinski definition) is 1. The van der Waals surface area contributed by atoms with Gasteiger partial charge in [-0.2, -0.15) is 0 Å². The third kappa shape index (κ3) is 2.96. The van der Waals surface area contributed by atoms with Crippen LogP contribution in [-0.2, 0) is 9.53 Å². The monoisotopic (exact) mass is 201 g/mol. The van der Waals surface area contributed by atoms with Crippen LogP contribution in [-0.4, -0.2) is 47.8 Å². The maximum Gasteiger partial charge on any atom is 0.332 e. The molecule has 2 atom stereocenters. The fourth-order valence-electron chi connectivity index (χ4n) is 1.79. The normalized spacial score (nSPS) is 27.1. The first-order valence-corrected chi connectivity index (χ1v) is 5.28. The second-order valence-corrected chi connectivity index (χ2v) is 3.65. The zero-order valence-electron chi connectivity index (χ0n) is 8.90. The molecule has 0 aromatic carbocycles. The summed E-state index contributed by atoms with van der Waals surface area (Å²) >= 11 is 0. The van der Waals surface area contributed by atoms with Gasteiger partial charge in [0.2, 0.25) is 0 Å². The van der Waals surface area contributed by atoms with E-state index in [4.69, 9.17) is 9.84 Å². The zero-order valence-corrected chi connectivity index (χ0v) is 8.90. The van der Waals surface area contributed by atoms with Gasteiger partial charge in [0.05, 0.1) is 6.10 Å². The molecule has 1 saturated heterocycles. The molecule has 1 aliphatic heterocycles. The van der Waals surface area contributed by atoms with E-state index in [-0.39, 0.29) is 6.10 Å². The zero-order chi connectivity index (χ0) is 10.6. The SMILES string of the molecule is CCN(CC)C[C@H]1CC[C@@H](C(=O)O)O1. The molecule has 4 heteroatoms. The Morgan fingerprint density at radius 1 is 1.43 bits per heavy atom. The van der Waals surface area contributed by atoms with Gasteiger partial charge in [0.15, 0.2) is 6.10 Å². The van der Waals surface area contributed by atoms with Gasteiger partial charge in [0.1, 0.15) is 0 Å². The summed E-state index contributed by atoms with van der Waals surface area (Å²) in [7, 11) is 0. The summed E-state index contributed by atoms with van der Waals surface area (Å²) in [6, 6.07) is 0. The van der Waals surface area contributed by atoms with Gasteiger partial charge in [-0.1, -0.05) is 13.8 Å².